The number of rotatable bonds is 4. The maximum atomic E-state index is 5.65. The Morgan fingerprint density at radius 3 is 3.21 bits per heavy atom. The van der Waals surface area contributed by atoms with Gasteiger partial charge in [0.15, 0.2) is 10.4 Å². The highest BCUT2D eigenvalue weighted by atomic mass is 32.1. The van der Waals surface area contributed by atoms with Gasteiger partial charge in [-0.15, -0.1) is 0 Å². The Morgan fingerprint density at radius 1 is 1.58 bits per heavy atom. The van der Waals surface area contributed by atoms with Crippen LogP contribution in [-0.4, -0.2) is 34.4 Å². The summed E-state index contributed by atoms with van der Waals surface area (Å²) in [6, 6.07) is 3.78. The second-order valence-electron chi connectivity index (χ2n) is 4.73. The SMILES string of the molecule is COc1ccc2[nH]c(=S)n(CCC3CCCO3)c2n1. The lowest BCUT2D eigenvalue weighted by Crippen LogP contribution is -2.10. The molecule has 1 aliphatic rings. The van der Waals surface area contributed by atoms with Crippen molar-refractivity contribution in [2.45, 2.75) is 31.9 Å². The summed E-state index contributed by atoms with van der Waals surface area (Å²) in [4.78, 5) is 7.63. The van der Waals surface area contributed by atoms with Crippen LogP contribution >= 0.6 is 12.2 Å². The van der Waals surface area contributed by atoms with Crippen LogP contribution in [0, 0.1) is 4.77 Å². The molecular formula is C13H17N3O2S. The Labute approximate surface area is 116 Å². The molecule has 0 spiro atoms. The first-order valence-electron chi connectivity index (χ1n) is 6.53. The lowest BCUT2D eigenvalue weighted by molar-refractivity contribution is 0.100. The van der Waals surface area contributed by atoms with Crippen molar-refractivity contribution in [3.05, 3.63) is 16.9 Å². The van der Waals surface area contributed by atoms with Crippen molar-refractivity contribution < 1.29 is 9.47 Å². The first-order valence-corrected chi connectivity index (χ1v) is 6.94. The van der Waals surface area contributed by atoms with E-state index in [1.54, 1.807) is 7.11 Å². The summed E-state index contributed by atoms with van der Waals surface area (Å²) >= 11 is 5.36. The third kappa shape index (κ3) is 2.50. The van der Waals surface area contributed by atoms with E-state index in [0.29, 0.717) is 16.8 Å². The molecule has 1 fully saturated rings. The van der Waals surface area contributed by atoms with E-state index in [4.69, 9.17) is 21.7 Å². The van der Waals surface area contributed by atoms with Gasteiger partial charge in [0, 0.05) is 19.2 Å². The van der Waals surface area contributed by atoms with Gasteiger partial charge in [-0.05, 0) is 37.5 Å². The molecule has 1 aliphatic heterocycles. The van der Waals surface area contributed by atoms with Gasteiger partial charge >= 0.3 is 0 Å². The minimum atomic E-state index is 0.359. The highest BCUT2D eigenvalue weighted by molar-refractivity contribution is 7.71. The molecule has 2 aromatic rings. The van der Waals surface area contributed by atoms with Crippen molar-refractivity contribution in [1.82, 2.24) is 14.5 Å². The molecule has 0 radical (unpaired) electrons. The fourth-order valence-corrected chi connectivity index (χ4v) is 2.77. The summed E-state index contributed by atoms with van der Waals surface area (Å²) in [6.45, 7) is 1.71. The zero-order valence-corrected chi connectivity index (χ0v) is 11.7. The topological polar surface area (TPSA) is 52.1 Å². The van der Waals surface area contributed by atoms with Crippen LogP contribution in [0.15, 0.2) is 12.1 Å². The predicted molar refractivity (Wildman–Crippen MR) is 75.1 cm³/mol. The van der Waals surface area contributed by atoms with E-state index in [2.05, 4.69) is 9.97 Å². The summed E-state index contributed by atoms with van der Waals surface area (Å²) < 4.78 is 13.5. The van der Waals surface area contributed by atoms with Gasteiger partial charge in [0.1, 0.15) is 0 Å². The Kier molecular flexibility index (Phi) is 3.52. The quantitative estimate of drug-likeness (QED) is 0.874. The molecule has 0 bridgehead atoms. The second kappa shape index (κ2) is 5.30. The Morgan fingerprint density at radius 2 is 2.47 bits per heavy atom. The second-order valence-corrected chi connectivity index (χ2v) is 5.12. The highest BCUT2D eigenvalue weighted by Crippen LogP contribution is 2.20. The molecule has 1 saturated heterocycles. The first-order chi connectivity index (χ1) is 9.28. The number of fused-ring (bicyclic) bond motifs is 1. The number of aromatic nitrogens is 3. The van der Waals surface area contributed by atoms with E-state index in [9.17, 15) is 0 Å². The average molecular weight is 279 g/mol. The van der Waals surface area contributed by atoms with Crippen LogP contribution in [0.1, 0.15) is 19.3 Å². The van der Waals surface area contributed by atoms with E-state index in [1.807, 2.05) is 16.7 Å². The van der Waals surface area contributed by atoms with Crippen LogP contribution < -0.4 is 4.74 Å². The van der Waals surface area contributed by atoms with Gasteiger partial charge in [0.05, 0.1) is 18.7 Å². The van der Waals surface area contributed by atoms with E-state index >= 15 is 0 Å². The zero-order valence-electron chi connectivity index (χ0n) is 10.9. The summed E-state index contributed by atoms with van der Waals surface area (Å²) in [5.74, 6) is 0.604. The Bertz CT molecular complexity index is 628. The van der Waals surface area contributed by atoms with Crippen LogP contribution in [-0.2, 0) is 11.3 Å². The summed E-state index contributed by atoms with van der Waals surface area (Å²) in [7, 11) is 1.62. The number of H-pyrrole nitrogens is 1. The molecule has 5 nitrogen and oxygen atoms in total. The maximum Gasteiger partial charge on any atom is 0.215 e. The number of aromatic amines is 1. The van der Waals surface area contributed by atoms with Gasteiger partial charge in [0.25, 0.3) is 0 Å². The van der Waals surface area contributed by atoms with E-state index in [0.717, 1.165) is 43.6 Å². The first kappa shape index (κ1) is 12.6. The average Bonchev–Trinajstić information content (AvgIpc) is 3.03. The molecule has 0 aliphatic carbocycles. The van der Waals surface area contributed by atoms with Crippen molar-refractivity contribution in [3.63, 3.8) is 0 Å². The van der Waals surface area contributed by atoms with Crippen LogP contribution in [0.3, 0.4) is 0 Å². The van der Waals surface area contributed by atoms with E-state index < -0.39 is 0 Å². The molecular weight excluding hydrogens is 262 g/mol. The molecule has 6 heteroatoms. The molecule has 0 amide bonds. The fourth-order valence-electron chi connectivity index (χ4n) is 2.48. The van der Waals surface area contributed by atoms with Gasteiger partial charge in [-0.1, -0.05) is 0 Å². The number of hydrogen-bond donors (Lipinski definition) is 1. The normalized spacial score (nSPS) is 19.1. The summed E-state index contributed by atoms with van der Waals surface area (Å²) in [5, 5.41) is 0. The predicted octanol–water partition coefficient (Wildman–Crippen LogP) is 2.67. The van der Waals surface area contributed by atoms with Crippen molar-refractivity contribution in [1.29, 1.82) is 0 Å². The Balaban J connectivity index is 1.88. The van der Waals surface area contributed by atoms with Crippen LogP contribution in [0.2, 0.25) is 0 Å². The molecule has 102 valence electrons. The van der Waals surface area contributed by atoms with Crippen molar-refractivity contribution in [2.75, 3.05) is 13.7 Å². The van der Waals surface area contributed by atoms with Gasteiger partial charge in [-0.25, -0.2) is 0 Å². The van der Waals surface area contributed by atoms with Crippen molar-refractivity contribution in [3.8, 4) is 5.88 Å². The minimum Gasteiger partial charge on any atom is -0.481 e. The number of hydrogen-bond acceptors (Lipinski definition) is 4. The van der Waals surface area contributed by atoms with Gasteiger partial charge in [-0.3, -0.25) is 0 Å². The molecule has 0 saturated carbocycles. The van der Waals surface area contributed by atoms with Crippen LogP contribution in [0.25, 0.3) is 11.2 Å². The molecule has 1 unspecified atom stereocenters. The number of nitrogens with one attached hydrogen (secondary N) is 1. The number of pyridine rings is 1. The smallest absolute Gasteiger partial charge is 0.215 e. The molecule has 1 N–H and O–H groups in total. The molecule has 1 atom stereocenters. The van der Waals surface area contributed by atoms with Gasteiger partial charge < -0.3 is 19.0 Å². The van der Waals surface area contributed by atoms with Crippen molar-refractivity contribution >= 4 is 23.4 Å². The number of methoxy groups -OCH3 is 1. The Hall–Kier alpha value is -1.40. The fraction of sp³-hybridized carbons (Fsp3) is 0.538. The van der Waals surface area contributed by atoms with E-state index in [1.165, 1.54) is 0 Å². The lowest BCUT2D eigenvalue weighted by Gasteiger charge is -2.10. The maximum absolute atomic E-state index is 5.65. The summed E-state index contributed by atoms with van der Waals surface area (Å²) in [5.41, 5.74) is 1.79. The monoisotopic (exact) mass is 279 g/mol. The molecule has 3 heterocycles. The molecule has 3 rings (SSSR count). The lowest BCUT2D eigenvalue weighted by atomic mass is 10.2. The number of ether oxygens (including phenoxy) is 2. The minimum absolute atomic E-state index is 0.359. The molecule has 0 aromatic carbocycles. The number of imidazole rings is 1. The zero-order chi connectivity index (χ0) is 13.2. The number of nitrogens with zero attached hydrogens (tertiary/aromatic N) is 2. The standard InChI is InChI=1S/C13H17N3O2S/c1-17-11-5-4-10-12(15-11)16(13(19)14-10)7-6-9-3-2-8-18-9/h4-5,9H,2-3,6-8H2,1H3,(H,14,19). The van der Waals surface area contributed by atoms with Crippen molar-refractivity contribution in [2.24, 2.45) is 0 Å². The summed E-state index contributed by atoms with van der Waals surface area (Å²) in [6.07, 6.45) is 3.64. The van der Waals surface area contributed by atoms with Gasteiger partial charge in [-0.2, -0.15) is 4.98 Å². The van der Waals surface area contributed by atoms with E-state index in [-0.39, 0.29) is 0 Å². The number of aryl methyl sites for hydroxylation is 1. The molecule has 2 aromatic heterocycles. The largest absolute Gasteiger partial charge is 0.481 e. The highest BCUT2D eigenvalue weighted by Gasteiger charge is 2.16. The third-order valence-electron chi connectivity index (χ3n) is 3.50. The third-order valence-corrected chi connectivity index (χ3v) is 3.82. The van der Waals surface area contributed by atoms with Crippen LogP contribution in [0.4, 0.5) is 0 Å². The molecule has 19 heavy (non-hydrogen) atoms. The van der Waals surface area contributed by atoms with Crippen LogP contribution in [0.5, 0.6) is 5.88 Å². The van der Waals surface area contributed by atoms with Gasteiger partial charge in [0.2, 0.25) is 5.88 Å².